The van der Waals surface area contributed by atoms with Crippen molar-refractivity contribution < 1.29 is 9.90 Å². The molecule has 0 aliphatic carbocycles. The molecule has 2 aromatic carbocycles. The normalized spacial score (nSPS) is 13.5. The maximum absolute atomic E-state index is 11.1. The number of rotatable bonds is 2. The van der Waals surface area contributed by atoms with Crippen molar-refractivity contribution in [2.75, 3.05) is 29.0 Å². The molecule has 20 heavy (non-hydrogen) atoms. The van der Waals surface area contributed by atoms with E-state index < -0.39 is 5.97 Å². The van der Waals surface area contributed by atoms with Gasteiger partial charge >= 0.3 is 5.97 Å². The number of hydrogen-bond acceptors (Lipinski definition) is 4. The van der Waals surface area contributed by atoms with Crippen LogP contribution in [0, 0.1) is 0 Å². The molecule has 4 N–H and O–H groups in total. The lowest BCUT2D eigenvalue weighted by Gasteiger charge is -2.32. The number of anilines is 4. The Bertz CT molecular complexity index is 653. The molecule has 0 amide bonds. The first-order chi connectivity index (χ1) is 9.65. The maximum Gasteiger partial charge on any atom is 0.335 e. The number of hydrogen-bond donors (Lipinski definition) is 3. The van der Waals surface area contributed by atoms with Crippen molar-refractivity contribution >= 4 is 28.7 Å². The molecule has 0 spiro atoms. The van der Waals surface area contributed by atoms with Crippen molar-refractivity contribution in [2.24, 2.45) is 0 Å². The van der Waals surface area contributed by atoms with Crippen LogP contribution in [0.4, 0.5) is 22.7 Å². The molecule has 0 atom stereocenters. The van der Waals surface area contributed by atoms with Crippen molar-refractivity contribution in [1.29, 1.82) is 0 Å². The van der Waals surface area contributed by atoms with E-state index in [1.807, 2.05) is 30.3 Å². The average Bonchev–Trinajstić information content (AvgIpc) is 2.47. The Balaban J connectivity index is 2.06. The molecule has 3 rings (SSSR count). The number of nitrogens with two attached hydrogens (primary N) is 1. The van der Waals surface area contributed by atoms with Crippen molar-refractivity contribution in [1.82, 2.24) is 0 Å². The van der Waals surface area contributed by atoms with Crippen LogP contribution in [0.5, 0.6) is 0 Å². The van der Waals surface area contributed by atoms with Crippen LogP contribution in [0.15, 0.2) is 42.5 Å². The average molecular weight is 269 g/mol. The molecule has 1 aliphatic heterocycles. The summed E-state index contributed by atoms with van der Waals surface area (Å²) in [5.74, 6) is -0.921. The second kappa shape index (κ2) is 4.77. The molecule has 0 fully saturated rings. The summed E-state index contributed by atoms with van der Waals surface area (Å²) < 4.78 is 0. The fourth-order valence-electron chi connectivity index (χ4n) is 2.38. The van der Waals surface area contributed by atoms with E-state index in [1.165, 1.54) is 0 Å². The second-order valence-electron chi connectivity index (χ2n) is 4.71. The summed E-state index contributed by atoms with van der Waals surface area (Å²) >= 11 is 0. The van der Waals surface area contributed by atoms with Gasteiger partial charge in [-0.3, -0.25) is 0 Å². The smallest absolute Gasteiger partial charge is 0.335 e. The van der Waals surface area contributed by atoms with Gasteiger partial charge in [-0.1, -0.05) is 0 Å². The van der Waals surface area contributed by atoms with Gasteiger partial charge in [0.15, 0.2) is 0 Å². The van der Waals surface area contributed by atoms with Crippen LogP contribution in [-0.4, -0.2) is 24.2 Å². The van der Waals surface area contributed by atoms with Gasteiger partial charge in [-0.05, 0) is 42.5 Å². The van der Waals surface area contributed by atoms with Crippen LogP contribution in [0.2, 0.25) is 0 Å². The number of fused-ring (bicyclic) bond motifs is 1. The van der Waals surface area contributed by atoms with Crippen LogP contribution in [0.1, 0.15) is 10.4 Å². The molecule has 102 valence electrons. The minimum absolute atomic E-state index is 0.285. The highest BCUT2D eigenvalue weighted by atomic mass is 16.4. The summed E-state index contributed by atoms with van der Waals surface area (Å²) in [5, 5.41) is 12.4. The van der Waals surface area contributed by atoms with Crippen LogP contribution < -0.4 is 16.0 Å². The molecule has 1 aliphatic rings. The van der Waals surface area contributed by atoms with Gasteiger partial charge in [0.1, 0.15) is 0 Å². The Labute approximate surface area is 116 Å². The topological polar surface area (TPSA) is 78.6 Å². The van der Waals surface area contributed by atoms with E-state index in [0.29, 0.717) is 5.69 Å². The summed E-state index contributed by atoms with van der Waals surface area (Å²) in [4.78, 5) is 13.2. The third kappa shape index (κ3) is 2.14. The van der Waals surface area contributed by atoms with Gasteiger partial charge in [0.2, 0.25) is 0 Å². The summed E-state index contributed by atoms with van der Waals surface area (Å²) in [6.07, 6.45) is 0. The highest BCUT2D eigenvalue weighted by Crippen LogP contribution is 2.35. The second-order valence-corrected chi connectivity index (χ2v) is 4.71. The Hall–Kier alpha value is -2.69. The van der Waals surface area contributed by atoms with Crippen molar-refractivity contribution in [3.63, 3.8) is 0 Å². The minimum atomic E-state index is -0.921. The molecule has 0 unspecified atom stereocenters. The SMILES string of the molecule is Nc1ccc(N2CCNc3ccc(C(=O)O)cc32)cc1. The fraction of sp³-hybridized carbons (Fsp3) is 0.133. The van der Waals surface area contributed by atoms with E-state index in [1.54, 1.807) is 12.1 Å². The Morgan fingerprint density at radius 1 is 1.20 bits per heavy atom. The predicted molar refractivity (Wildman–Crippen MR) is 79.8 cm³/mol. The monoisotopic (exact) mass is 269 g/mol. The summed E-state index contributed by atoms with van der Waals surface area (Å²) in [7, 11) is 0. The molecule has 0 radical (unpaired) electrons. The first kappa shape index (κ1) is 12.3. The highest BCUT2D eigenvalue weighted by molar-refractivity contribution is 5.92. The molecule has 0 saturated carbocycles. The van der Waals surface area contributed by atoms with Gasteiger partial charge < -0.3 is 21.1 Å². The molecule has 0 aromatic heterocycles. The zero-order chi connectivity index (χ0) is 14.1. The number of aromatic carboxylic acids is 1. The van der Waals surface area contributed by atoms with Crippen LogP contribution >= 0.6 is 0 Å². The molecule has 0 saturated heterocycles. The number of carboxylic acid groups (broad SMARTS) is 1. The third-order valence-corrected chi connectivity index (χ3v) is 3.39. The third-order valence-electron chi connectivity index (χ3n) is 3.39. The first-order valence-corrected chi connectivity index (χ1v) is 6.39. The number of carboxylic acids is 1. The van der Waals surface area contributed by atoms with Crippen molar-refractivity contribution in [3.05, 3.63) is 48.0 Å². The van der Waals surface area contributed by atoms with Gasteiger partial charge in [0, 0.05) is 24.5 Å². The predicted octanol–water partition coefficient (Wildman–Crippen LogP) is 2.53. The van der Waals surface area contributed by atoms with E-state index in [-0.39, 0.29) is 5.56 Å². The lowest BCUT2D eigenvalue weighted by Crippen LogP contribution is -2.30. The van der Waals surface area contributed by atoms with Gasteiger partial charge in [0.05, 0.1) is 16.9 Å². The zero-order valence-corrected chi connectivity index (χ0v) is 10.8. The van der Waals surface area contributed by atoms with Crippen molar-refractivity contribution in [2.45, 2.75) is 0 Å². The summed E-state index contributed by atoms with van der Waals surface area (Å²) in [5.41, 5.74) is 9.53. The molecule has 5 heteroatoms. The van der Waals surface area contributed by atoms with Gasteiger partial charge in [-0.15, -0.1) is 0 Å². The molecular formula is C15H15N3O2. The van der Waals surface area contributed by atoms with Gasteiger partial charge in [-0.25, -0.2) is 4.79 Å². The zero-order valence-electron chi connectivity index (χ0n) is 10.8. The summed E-state index contributed by atoms with van der Waals surface area (Å²) in [6, 6.07) is 12.7. The standard InChI is InChI=1S/C15H15N3O2/c16-11-2-4-12(5-3-11)18-8-7-17-13-6-1-10(15(19)20)9-14(13)18/h1-6,9,17H,7-8,16H2,(H,19,20). The number of nitrogens with zero attached hydrogens (tertiary/aromatic N) is 1. The summed E-state index contributed by atoms with van der Waals surface area (Å²) in [6.45, 7) is 1.59. The molecule has 2 aromatic rings. The molecule has 1 heterocycles. The lowest BCUT2D eigenvalue weighted by atomic mass is 10.1. The molecule has 5 nitrogen and oxygen atoms in total. The highest BCUT2D eigenvalue weighted by Gasteiger charge is 2.19. The lowest BCUT2D eigenvalue weighted by molar-refractivity contribution is 0.0697. The van der Waals surface area contributed by atoms with E-state index >= 15 is 0 Å². The van der Waals surface area contributed by atoms with Gasteiger partial charge in [-0.2, -0.15) is 0 Å². The van der Waals surface area contributed by atoms with Crippen LogP contribution in [-0.2, 0) is 0 Å². The molecule has 0 bridgehead atoms. The Morgan fingerprint density at radius 3 is 2.65 bits per heavy atom. The van der Waals surface area contributed by atoms with Gasteiger partial charge in [0.25, 0.3) is 0 Å². The number of carbonyl (C=O) groups is 1. The first-order valence-electron chi connectivity index (χ1n) is 6.39. The molecular weight excluding hydrogens is 254 g/mol. The van der Waals surface area contributed by atoms with Crippen LogP contribution in [0.25, 0.3) is 0 Å². The van der Waals surface area contributed by atoms with E-state index in [9.17, 15) is 4.79 Å². The maximum atomic E-state index is 11.1. The number of nitrogens with one attached hydrogen (secondary N) is 1. The number of benzene rings is 2. The van der Waals surface area contributed by atoms with Crippen molar-refractivity contribution in [3.8, 4) is 0 Å². The Morgan fingerprint density at radius 2 is 1.95 bits per heavy atom. The largest absolute Gasteiger partial charge is 0.478 e. The fourth-order valence-corrected chi connectivity index (χ4v) is 2.38. The van der Waals surface area contributed by atoms with E-state index in [2.05, 4.69) is 10.2 Å². The van der Waals surface area contributed by atoms with E-state index in [4.69, 9.17) is 10.8 Å². The quantitative estimate of drug-likeness (QED) is 0.730. The number of nitrogen functional groups attached to an aromatic ring is 1. The Kier molecular flexibility index (Phi) is 2.95. The minimum Gasteiger partial charge on any atom is -0.478 e. The van der Waals surface area contributed by atoms with E-state index in [0.717, 1.165) is 30.2 Å². The van der Waals surface area contributed by atoms with Crippen LogP contribution in [0.3, 0.4) is 0 Å².